The highest BCUT2D eigenvalue weighted by molar-refractivity contribution is 8.00. The Morgan fingerprint density at radius 1 is 1.03 bits per heavy atom. The van der Waals surface area contributed by atoms with E-state index >= 15 is 0 Å². The van der Waals surface area contributed by atoms with Gasteiger partial charge in [0.25, 0.3) is 0 Å². The van der Waals surface area contributed by atoms with Crippen LogP contribution < -0.4 is 0 Å². The van der Waals surface area contributed by atoms with Crippen molar-refractivity contribution in [3.63, 3.8) is 0 Å². The maximum Gasteiger partial charge on any atom is 0.0884 e. The van der Waals surface area contributed by atoms with Crippen LogP contribution in [0, 0.1) is 40.4 Å². The van der Waals surface area contributed by atoms with Gasteiger partial charge in [0.1, 0.15) is 0 Å². The zero-order valence-corrected chi connectivity index (χ0v) is 22.7. The molecule has 3 N–H and O–H groups in total. The minimum absolute atomic E-state index is 0.0271. The Morgan fingerprint density at radius 2 is 1.79 bits per heavy atom. The van der Waals surface area contributed by atoms with Gasteiger partial charge in [-0.2, -0.15) is 0 Å². The molecule has 4 rings (SSSR count). The summed E-state index contributed by atoms with van der Waals surface area (Å²) in [5.41, 5.74) is 0.964. The van der Waals surface area contributed by atoms with E-state index in [2.05, 4.69) is 40.7 Å². The summed E-state index contributed by atoms with van der Waals surface area (Å²) in [6.07, 6.45) is 13.4. The van der Waals surface area contributed by atoms with Crippen molar-refractivity contribution in [3.05, 3.63) is 11.6 Å². The average molecular weight is 479 g/mol. The van der Waals surface area contributed by atoms with Crippen LogP contribution in [0.25, 0.3) is 0 Å². The van der Waals surface area contributed by atoms with E-state index in [0.29, 0.717) is 29.4 Å². The minimum atomic E-state index is -0.880. The van der Waals surface area contributed by atoms with Gasteiger partial charge in [-0.25, -0.2) is 0 Å². The number of aliphatic hydroxyl groups is 3. The topological polar surface area (TPSA) is 60.7 Å². The van der Waals surface area contributed by atoms with E-state index in [1.165, 1.54) is 44.9 Å². The molecule has 4 aliphatic rings. The van der Waals surface area contributed by atoms with Gasteiger partial charge < -0.3 is 15.3 Å². The van der Waals surface area contributed by atoms with E-state index in [4.69, 9.17) is 0 Å². The molecule has 0 aromatic heterocycles. The van der Waals surface area contributed by atoms with E-state index in [0.717, 1.165) is 30.6 Å². The SMILES string of the molecule is CC(C)CCCC(C)C1CCC2C3=CC(SCCO)C4(O)CC(O)CCC4(C)C3CCC21C. The van der Waals surface area contributed by atoms with Crippen molar-refractivity contribution < 1.29 is 15.3 Å². The summed E-state index contributed by atoms with van der Waals surface area (Å²) in [7, 11) is 0. The lowest BCUT2D eigenvalue weighted by molar-refractivity contribution is -0.165. The van der Waals surface area contributed by atoms with Gasteiger partial charge in [-0.05, 0) is 73.5 Å². The second-order valence-corrected chi connectivity index (χ2v) is 14.3. The van der Waals surface area contributed by atoms with Gasteiger partial charge in [0.15, 0.2) is 0 Å². The van der Waals surface area contributed by atoms with E-state index in [1.807, 2.05) is 0 Å². The van der Waals surface area contributed by atoms with Crippen LogP contribution in [0.5, 0.6) is 0 Å². The Morgan fingerprint density at radius 3 is 2.48 bits per heavy atom. The lowest BCUT2D eigenvalue weighted by Crippen LogP contribution is -2.64. The molecule has 0 aliphatic heterocycles. The van der Waals surface area contributed by atoms with Crippen molar-refractivity contribution >= 4 is 11.8 Å². The summed E-state index contributed by atoms with van der Waals surface area (Å²) in [6, 6.07) is 0. The van der Waals surface area contributed by atoms with E-state index in [9.17, 15) is 15.3 Å². The van der Waals surface area contributed by atoms with Crippen LogP contribution in [0.4, 0.5) is 0 Å². The normalized spacial score (nSPS) is 45.8. The van der Waals surface area contributed by atoms with Gasteiger partial charge in [0.2, 0.25) is 0 Å². The van der Waals surface area contributed by atoms with Gasteiger partial charge in [0.05, 0.1) is 23.6 Å². The summed E-state index contributed by atoms with van der Waals surface area (Å²) in [5.74, 6) is 4.12. The number of aliphatic hydroxyl groups excluding tert-OH is 2. The van der Waals surface area contributed by atoms with Gasteiger partial charge in [-0.3, -0.25) is 0 Å². The van der Waals surface area contributed by atoms with Crippen LogP contribution in [0.3, 0.4) is 0 Å². The van der Waals surface area contributed by atoms with Crippen molar-refractivity contribution in [2.45, 2.75) is 116 Å². The van der Waals surface area contributed by atoms with Crippen LogP contribution >= 0.6 is 11.8 Å². The lowest BCUT2D eigenvalue weighted by atomic mass is 9.46. The number of thioether (sulfide) groups is 1. The molecular formula is C29H50O3S. The number of rotatable bonds is 8. The molecule has 0 bridgehead atoms. The zero-order valence-electron chi connectivity index (χ0n) is 21.9. The molecule has 0 heterocycles. The monoisotopic (exact) mass is 478 g/mol. The molecule has 33 heavy (non-hydrogen) atoms. The first kappa shape index (κ1) is 26.0. The fourth-order valence-corrected chi connectivity index (χ4v) is 10.2. The van der Waals surface area contributed by atoms with Crippen LogP contribution in [-0.2, 0) is 0 Å². The number of hydrogen-bond acceptors (Lipinski definition) is 4. The molecule has 0 saturated heterocycles. The molecule has 0 aromatic carbocycles. The summed E-state index contributed by atoms with van der Waals surface area (Å²) >= 11 is 1.70. The van der Waals surface area contributed by atoms with Crippen molar-refractivity contribution in [3.8, 4) is 0 Å². The molecular weight excluding hydrogens is 428 g/mol. The molecule has 9 atom stereocenters. The Labute approximate surface area is 207 Å². The fraction of sp³-hybridized carbons (Fsp3) is 0.931. The summed E-state index contributed by atoms with van der Waals surface area (Å²) in [5, 5.41) is 32.2. The Bertz CT molecular complexity index is 722. The van der Waals surface area contributed by atoms with Crippen molar-refractivity contribution in [2.24, 2.45) is 40.4 Å². The van der Waals surface area contributed by atoms with Crippen molar-refractivity contribution in [1.82, 2.24) is 0 Å². The van der Waals surface area contributed by atoms with E-state index in [-0.39, 0.29) is 17.3 Å². The zero-order chi connectivity index (χ0) is 24.0. The first-order chi connectivity index (χ1) is 15.6. The lowest BCUT2D eigenvalue weighted by Gasteiger charge is -2.63. The highest BCUT2D eigenvalue weighted by Crippen LogP contribution is 2.68. The molecule has 3 fully saturated rings. The quantitative estimate of drug-likeness (QED) is 0.363. The molecule has 3 saturated carbocycles. The maximum absolute atomic E-state index is 12.1. The molecule has 0 spiro atoms. The Balaban J connectivity index is 1.62. The van der Waals surface area contributed by atoms with E-state index < -0.39 is 11.7 Å². The number of fused-ring (bicyclic) bond motifs is 5. The third-order valence-electron chi connectivity index (χ3n) is 10.8. The largest absolute Gasteiger partial charge is 0.396 e. The average Bonchev–Trinajstić information content (AvgIpc) is 3.10. The molecule has 0 aromatic rings. The summed E-state index contributed by atoms with van der Waals surface area (Å²) < 4.78 is 0. The van der Waals surface area contributed by atoms with Gasteiger partial charge >= 0.3 is 0 Å². The highest BCUT2D eigenvalue weighted by Gasteiger charge is 2.64. The highest BCUT2D eigenvalue weighted by atomic mass is 32.2. The first-order valence-electron chi connectivity index (χ1n) is 13.9. The summed E-state index contributed by atoms with van der Waals surface area (Å²) in [4.78, 5) is 0. The predicted octanol–water partition coefficient (Wildman–Crippen LogP) is 6.21. The van der Waals surface area contributed by atoms with Crippen molar-refractivity contribution in [2.75, 3.05) is 12.4 Å². The Hall–Kier alpha value is -0.0300. The van der Waals surface area contributed by atoms with Gasteiger partial charge in [0, 0.05) is 17.6 Å². The minimum Gasteiger partial charge on any atom is -0.396 e. The van der Waals surface area contributed by atoms with Crippen LogP contribution in [0.15, 0.2) is 11.6 Å². The third-order valence-corrected chi connectivity index (χ3v) is 12.1. The predicted molar refractivity (Wildman–Crippen MR) is 139 cm³/mol. The van der Waals surface area contributed by atoms with Crippen LogP contribution in [0.1, 0.15) is 98.8 Å². The standard InChI is InChI=1S/C29H50O3S/c1-19(2)7-6-8-20(3)23-9-10-24-22-17-26(33-16-15-30)29(32)18-21(31)11-14-28(29,5)25(22)12-13-27(23,24)4/h17,19-21,23-26,30-32H,6-16,18H2,1-5H3. The summed E-state index contributed by atoms with van der Waals surface area (Å²) in [6.45, 7) is 12.3. The smallest absolute Gasteiger partial charge is 0.0884 e. The molecule has 3 nitrogen and oxygen atoms in total. The number of allylic oxidation sites excluding steroid dienone is 1. The van der Waals surface area contributed by atoms with Gasteiger partial charge in [-0.1, -0.05) is 65.5 Å². The van der Waals surface area contributed by atoms with Crippen LogP contribution in [0.2, 0.25) is 0 Å². The maximum atomic E-state index is 12.1. The number of hydrogen-bond donors (Lipinski definition) is 3. The molecule has 0 amide bonds. The molecule has 4 heteroatoms. The second-order valence-electron chi connectivity index (χ2n) is 13.1. The fourth-order valence-electron chi connectivity index (χ4n) is 8.91. The van der Waals surface area contributed by atoms with Crippen LogP contribution in [-0.4, -0.2) is 44.6 Å². The third kappa shape index (κ3) is 4.38. The second kappa shape index (κ2) is 9.79. The molecule has 9 unspecified atom stereocenters. The molecule has 190 valence electrons. The molecule has 4 aliphatic carbocycles. The van der Waals surface area contributed by atoms with E-state index in [1.54, 1.807) is 17.3 Å². The first-order valence-corrected chi connectivity index (χ1v) is 15.0. The Kier molecular flexibility index (Phi) is 7.73. The molecule has 0 radical (unpaired) electrons. The van der Waals surface area contributed by atoms with Crippen molar-refractivity contribution in [1.29, 1.82) is 0 Å². The van der Waals surface area contributed by atoms with Gasteiger partial charge in [-0.15, -0.1) is 11.8 Å².